The van der Waals surface area contributed by atoms with Gasteiger partial charge < -0.3 is 19.2 Å². The molecule has 0 saturated heterocycles. The van der Waals surface area contributed by atoms with E-state index in [0.29, 0.717) is 36.2 Å². The lowest BCUT2D eigenvalue weighted by Crippen LogP contribution is -2.34. The smallest absolute Gasteiger partial charge is 0.257 e. The molecule has 160 valence electrons. The largest absolute Gasteiger partial charge is 0.486 e. The first-order valence-electron chi connectivity index (χ1n) is 10.0. The maximum absolute atomic E-state index is 12.5. The monoisotopic (exact) mass is 445 g/mol. The molecule has 0 radical (unpaired) electrons. The van der Waals surface area contributed by atoms with Gasteiger partial charge in [-0.05, 0) is 79.3 Å². The van der Waals surface area contributed by atoms with Crippen molar-refractivity contribution < 1.29 is 18.7 Å². The topological polar surface area (TPSA) is 85.6 Å². The minimum atomic E-state index is -0.335. The number of anilines is 1. The second-order valence-electron chi connectivity index (χ2n) is 7.33. The van der Waals surface area contributed by atoms with E-state index in [2.05, 4.69) is 15.6 Å². The SMILES string of the molecule is Cc1ccc2nc(-c3ccc(NC(=S)NC(=O)c4ccc5c(c4)OCCO5)cc3)oc2c1. The molecule has 0 spiro atoms. The van der Waals surface area contributed by atoms with E-state index in [1.54, 1.807) is 18.2 Å². The summed E-state index contributed by atoms with van der Waals surface area (Å²) in [6.45, 7) is 2.96. The molecule has 5 rings (SSSR count). The number of fused-ring (bicyclic) bond motifs is 2. The predicted molar refractivity (Wildman–Crippen MR) is 125 cm³/mol. The van der Waals surface area contributed by atoms with Gasteiger partial charge in [0, 0.05) is 16.8 Å². The summed E-state index contributed by atoms with van der Waals surface area (Å²) in [4.78, 5) is 17.1. The Morgan fingerprint density at radius 3 is 2.56 bits per heavy atom. The number of oxazole rings is 1. The number of benzene rings is 3. The molecule has 0 aliphatic carbocycles. The summed E-state index contributed by atoms with van der Waals surface area (Å²) in [5.74, 6) is 1.39. The van der Waals surface area contributed by atoms with Crippen molar-refractivity contribution in [1.82, 2.24) is 10.3 Å². The molecule has 1 amide bonds. The van der Waals surface area contributed by atoms with Gasteiger partial charge in [0.1, 0.15) is 18.7 Å². The van der Waals surface area contributed by atoms with E-state index in [4.69, 9.17) is 26.1 Å². The molecular formula is C24H19N3O4S. The molecule has 7 nitrogen and oxygen atoms in total. The number of carbonyl (C=O) groups is 1. The summed E-state index contributed by atoms with van der Waals surface area (Å²) >= 11 is 5.29. The standard InChI is InChI=1S/C24H19N3O4S/c1-14-2-8-18-20(12-14)31-23(26-18)15-3-6-17(7-4-15)25-24(32)27-22(28)16-5-9-19-21(13-16)30-11-10-29-19/h2-9,12-13H,10-11H2,1H3,(H2,25,27,28,32). The van der Waals surface area contributed by atoms with Gasteiger partial charge in [-0.1, -0.05) is 6.07 Å². The number of thiocarbonyl (C=S) groups is 1. The highest BCUT2D eigenvalue weighted by atomic mass is 32.1. The maximum Gasteiger partial charge on any atom is 0.257 e. The molecule has 0 saturated carbocycles. The van der Waals surface area contributed by atoms with Gasteiger partial charge in [0.25, 0.3) is 5.91 Å². The highest BCUT2D eigenvalue weighted by molar-refractivity contribution is 7.80. The number of aromatic nitrogens is 1. The van der Waals surface area contributed by atoms with Crippen LogP contribution in [0.3, 0.4) is 0 Å². The zero-order valence-electron chi connectivity index (χ0n) is 17.2. The maximum atomic E-state index is 12.5. The van der Waals surface area contributed by atoms with Gasteiger partial charge in [-0.25, -0.2) is 4.98 Å². The molecule has 0 fully saturated rings. The number of ether oxygens (including phenoxy) is 2. The van der Waals surface area contributed by atoms with Gasteiger partial charge in [0.15, 0.2) is 22.2 Å². The Labute approximate surface area is 189 Å². The van der Waals surface area contributed by atoms with Crippen molar-refractivity contribution in [3.63, 3.8) is 0 Å². The Morgan fingerprint density at radius 1 is 0.969 bits per heavy atom. The Kier molecular flexibility index (Phi) is 5.20. The first-order chi connectivity index (χ1) is 15.5. The van der Waals surface area contributed by atoms with Crippen LogP contribution < -0.4 is 20.1 Å². The third kappa shape index (κ3) is 4.13. The summed E-state index contributed by atoms with van der Waals surface area (Å²) in [7, 11) is 0. The number of rotatable bonds is 3. The van der Waals surface area contributed by atoms with E-state index in [0.717, 1.165) is 27.9 Å². The Bertz CT molecular complexity index is 1330. The molecule has 1 aliphatic heterocycles. The highest BCUT2D eigenvalue weighted by Crippen LogP contribution is 2.30. The molecule has 2 N–H and O–H groups in total. The van der Waals surface area contributed by atoms with Crippen LogP contribution in [-0.4, -0.2) is 29.2 Å². The molecule has 0 unspecified atom stereocenters. The average molecular weight is 446 g/mol. The summed E-state index contributed by atoms with van der Waals surface area (Å²) in [6.07, 6.45) is 0. The summed E-state index contributed by atoms with van der Waals surface area (Å²) in [5.41, 5.74) is 4.69. The minimum absolute atomic E-state index is 0.190. The van der Waals surface area contributed by atoms with Crippen molar-refractivity contribution in [2.75, 3.05) is 18.5 Å². The number of hydrogen-bond donors (Lipinski definition) is 2. The third-order valence-corrected chi connectivity index (χ3v) is 5.17. The normalized spacial score (nSPS) is 12.4. The summed E-state index contributed by atoms with van der Waals surface area (Å²) in [6, 6.07) is 18.4. The van der Waals surface area contributed by atoms with Crippen LogP contribution >= 0.6 is 12.2 Å². The number of carbonyl (C=O) groups excluding carboxylic acids is 1. The van der Waals surface area contributed by atoms with Crippen LogP contribution in [0.5, 0.6) is 11.5 Å². The number of nitrogens with zero attached hydrogens (tertiary/aromatic N) is 1. The fraction of sp³-hybridized carbons (Fsp3) is 0.125. The average Bonchev–Trinajstić information content (AvgIpc) is 3.22. The molecule has 2 heterocycles. The number of aryl methyl sites for hydroxylation is 1. The highest BCUT2D eigenvalue weighted by Gasteiger charge is 2.16. The second-order valence-corrected chi connectivity index (χ2v) is 7.74. The lowest BCUT2D eigenvalue weighted by molar-refractivity contribution is 0.0976. The predicted octanol–water partition coefficient (Wildman–Crippen LogP) is 4.70. The van der Waals surface area contributed by atoms with Crippen molar-refractivity contribution >= 4 is 40.0 Å². The van der Waals surface area contributed by atoms with Crippen LogP contribution in [0.1, 0.15) is 15.9 Å². The second kappa shape index (κ2) is 8.32. The van der Waals surface area contributed by atoms with Gasteiger partial charge in [-0.3, -0.25) is 10.1 Å². The lowest BCUT2D eigenvalue weighted by Gasteiger charge is -2.18. The lowest BCUT2D eigenvalue weighted by atomic mass is 10.2. The minimum Gasteiger partial charge on any atom is -0.486 e. The Morgan fingerprint density at radius 2 is 1.75 bits per heavy atom. The van der Waals surface area contributed by atoms with Gasteiger partial charge in [0.2, 0.25) is 5.89 Å². The van der Waals surface area contributed by atoms with Crippen molar-refractivity contribution in [3.8, 4) is 23.0 Å². The van der Waals surface area contributed by atoms with Crippen LogP contribution in [-0.2, 0) is 0 Å². The molecule has 1 aromatic heterocycles. The van der Waals surface area contributed by atoms with E-state index in [1.165, 1.54) is 0 Å². The van der Waals surface area contributed by atoms with Crippen molar-refractivity contribution in [3.05, 3.63) is 71.8 Å². The van der Waals surface area contributed by atoms with Crippen molar-refractivity contribution in [1.29, 1.82) is 0 Å². The van der Waals surface area contributed by atoms with Crippen LogP contribution in [0.25, 0.3) is 22.6 Å². The first-order valence-corrected chi connectivity index (χ1v) is 10.5. The fourth-order valence-corrected chi connectivity index (χ4v) is 3.58. The number of hydrogen-bond acceptors (Lipinski definition) is 6. The van der Waals surface area contributed by atoms with Gasteiger partial charge in [-0.15, -0.1) is 0 Å². The molecule has 1 aliphatic rings. The molecular weight excluding hydrogens is 426 g/mol. The molecule has 3 aromatic carbocycles. The summed E-state index contributed by atoms with van der Waals surface area (Å²) in [5, 5.41) is 5.87. The fourth-order valence-electron chi connectivity index (χ4n) is 3.37. The quantitative estimate of drug-likeness (QED) is 0.442. The van der Waals surface area contributed by atoms with E-state index < -0.39 is 0 Å². The molecule has 0 bridgehead atoms. The van der Waals surface area contributed by atoms with E-state index in [1.807, 2.05) is 49.4 Å². The molecule has 4 aromatic rings. The van der Waals surface area contributed by atoms with Gasteiger partial charge in [0.05, 0.1) is 0 Å². The molecule has 8 heteroatoms. The van der Waals surface area contributed by atoms with Crippen LogP contribution in [0.4, 0.5) is 5.69 Å². The molecule has 0 atom stereocenters. The van der Waals surface area contributed by atoms with Gasteiger partial charge >= 0.3 is 0 Å². The number of nitrogens with one attached hydrogen (secondary N) is 2. The van der Waals surface area contributed by atoms with Crippen LogP contribution in [0.2, 0.25) is 0 Å². The zero-order chi connectivity index (χ0) is 22.1. The Hall–Kier alpha value is -3.91. The molecule has 32 heavy (non-hydrogen) atoms. The van der Waals surface area contributed by atoms with E-state index in [9.17, 15) is 4.79 Å². The van der Waals surface area contributed by atoms with Crippen LogP contribution in [0.15, 0.2) is 65.1 Å². The van der Waals surface area contributed by atoms with Crippen molar-refractivity contribution in [2.45, 2.75) is 6.92 Å². The van der Waals surface area contributed by atoms with Crippen LogP contribution in [0, 0.1) is 6.92 Å². The number of amides is 1. The van der Waals surface area contributed by atoms with E-state index >= 15 is 0 Å². The first kappa shape index (κ1) is 20.0. The Balaban J connectivity index is 1.24. The van der Waals surface area contributed by atoms with Gasteiger partial charge in [-0.2, -0.15) is 0 Å². The summed E-state index contributed by atoms with van der Waals surface area (Å²) < 4.78 is 16.9. The third-order valence-electron chi connectivity index (χ3n) is 4.97. The van der Waals surface area contributed by atoms with Crippen molar-refractivity contribution in [2.24, 2.45) is 0 Å². The zero-order valence-corrected chi connectivity index (χ0v) is 18.0. The van der Waals surface area contributed by atoms with E-state index in [-0.39, 0.29) is 11.0 Å².